The average molecular weight is 481 g/mol. The van der Waals surface area contributed by atoms with Crippen LogP contribution in [0.25, 0.3) is 0 Å². The van der Waals surface area contributed by atoms with Crippen molar-refractivity contribution in [1.29, 1.82) is 0 Å². The second-order valence-electron chi connectivity index (χ2n) is 8.25. The van der Waals surface area contributed by atoms with Gasteiger partial charge in [-0.1, -0.05) is 54.1 Å². The summed E-state index contributed by atoms with van der Waals surface area (Å²) in [5, 5.41) is 11.6. The summed E-state index contributed by atoms with van der Waals surface area (Å²) < 4.78 is 19.3. The summed E-state index contributed by atoms with van der Waals surface area (Å²) in [6.45, 7) is 1.88. The predicted octanol–water partition coefficient (Wildman–Crippen LogP) is 4.84. The molecule has 7 heteroatoms. The van der Waals surface area contributed by atoms with Crippen LogP contribution in [0.2, 0.25) is 5.02 Å². The fraction of sp³-hybridized carbons (Fsp3) is 0.259. The van der Waals surface area contributed by atoms with Crippen LogP contribution in [-0.4, -0.2) is 46.7 Å². The van der Waals surface area contributed by atoms with E-state index in [1.165, 1.54) is 12.1 Å². The van der Waals surface area contributed by atoms with Crippen LogP contribution >= 0.6 is 11.6 Å². The van der Waals surface area contributed by atoms with Crippen LogP contribution in [0.3, 0.4) is 0 Å². The maximum atomic E-state index is 13.4. The quantitative estimate of drug-likeness (QED) is 0.467. The van der Waals surface area contributed by atoms with Crippen LogP contribution in [0.15, 0.2) is 84.6 Å². The van der Waals surface area contributed by atoms with Crippen LogP contribution in [0.1, 0.15) is 23.7 Å². The van der Waals surface area contributed by atoms with Crippen molar-refractivity contribution in [3.05, 3.63) is 107 Å². The van der Waals surface area contributed by atoms with Gasteiger partial charge in [0, 0.05) is 24.7 Å². The van der Waals surface area contributed by atoms with Crippen LogP contribution < -0.4 is 4.74 Å². The lowest BCUT2D eigenvalue weighted by Gasteiger charge is -2.43. The molecule has 1 N–H and O–H groups in total. The van der Waals surface area contributed by atoms with Crippen molar-refractivity contribution in [3.8, 4) is 5.75 Å². The number of carbonyl (C=O) groups excluding carboxylic acids is 1. The number of aliphatic hydroxyl groups is 1. The second kappa shape index (κ2) is 11.3. The fourth-order valence-corrected chi connectivity index (χ4v) is 4.28. The number of rotatable bonds is 8. The molecule has 1 saturated heterocycles. The first-order valence-electron chi connectivity index (χ1n) is 11.1. The van der Waals surface area contributed by atoms with E-state index in [-0.39, 0.29) is 18.6 Å². The Hall–Kier alpha value is -3.15. The number of hydrogen-bond acceptors (Lipinski definition) is 5. The van der Waals surface area contributed by atoms with E-state index in [0.717, 1.165) is 11.1 Å². The third kappa shape index (κ3) is 6.04. The number of aliphatic hydroxyl groups excluding tert-OH is 1. The van der Waals surface area contributed by atoms with Crippen LogP contribution in [0.5, 0.6) is 5.75 Å². The van der Waals surface area contributed by atoms with E-state index in [9.17, 15) is 14.3 Å². The molecule has 1 heterocycles. The summed E-state index contributed by atoms with van der Waals surface area (Å²) in [4.78, 5) is 16.1. The number of hydrogen-bond donors (Lipinski definition) is 1. The van der Waals surface area contributed by atoms with Gasteiger partial charge < -0.3 is 14.7 Å². The van der Waals surface area contributed by atoms with Gasteiger partial charge in [0.25, 0.3) is 0 Å². The molecule has 2 unspecified atom stereocenters. The van der Waals surface area contributed by atoms with Gasteiger partial charge in [-0.25, -0.2) is 9.18 Å². The summed E-state index contributed by atoms with van der Waals surface area (Å²) in [5.41, 5.74) is 2.14. The highest BCUT2D eigenvalue weighted by Crippen LogP contribution is 2.30. The molecular formula is C27H26ClFN2O3. The standard InChI is InChI=1S/C27H26ClFN2O3/c28-22-8-12-24(13-9-22)34-19-31-15-14-30(17-20-6-10-23(29)11-7-20)25(26(31)18-32)16-27(33)21-4-2-1-3-5-21/h1-13,25,27,33H,14-17,19H2. The van der Waals surface area contributed by atoms with Gasteiger partial charge in [0.2, 0.25) is 0 Å². The molecule has 3 aromatic rings. The number of benzene rings is 3. The highest BCUT2D eigenvalue weighted by Gasteiger charge is 2.34. The third-order valence-electron chi connectivity index (χ3n) is 5.99. The van der Waals surface area contributed by atoms with Crippen molar-refractivity contribution in [2.75, 3.05) is 19.8 Å². The van der Waals surface area contributed by atoms with Crippen LogP contribution in [0, 0.1) is 5.82 Å². The molecule has 3 aromatic carbocycles. The Balaban J connectivity index is 1.54. The Labute approximate surface area is 203 Å². The third-order valence-corrected chi connectivity index (χ3v) is 6.24. The molecule has 2 atom stereocenters. The Morgan fingerprint density at radius 3 is 2.41 bits per heavy atom. The monoisotopic (exact) mass is 480 g/mol. The molecule has 1 aliphatic heterocycles. The average Bonchev–Trinajstić information content (AvgIpc) is 2.86. The van der Waals surface area contributed by atoms with Crippen molar-refractivity contribution in [3.63, 3.8) is 0 Å². The van der Waals surface area contributed by atoms with Crippen molar-refractivity contribution in [2.24, 2.45) is 0 Å². The lowest BCUT2D eigenvalue weighted by atomic mass is 9.96. The summed E-state index contributed by atoms with van der Waals surface area (Å²) in [6.07, 6.45) is -0.449. The summed E-state index contributed by atoms with van der Waals surface area (Å²) in [6, 6.07) is 22.3. The van der Waals surface area contributed by atoms with E-state index in [0.29, 0.717) is 42.5 Å². The van der Waals surface area contributed by atoms with Gasteiger partial charge in [-0.2, -0.15) is 0 Å². The molecular weight excluding hydrogens is 455 g/mol. The largest absolute Gasteiger partial charge is 0.473 e. The zero-order valence-corrected chi connectivity index (χ0v) is 19.4. The van der Waals surface area contributed by atoms with Crippen molar-refractivity contribution >= 4 is 17.5 Å². The molecule has 34 heavy (non-hydrogen) atoms. The molecule has 0 aromatic heterocycles. The number of ether oxygens (including phenoxy) is 1. The molecule has 0 saturated carbocycles. The van der Waals surface area contributed by atoms with Gasteiger partial charge in [-0.05, 0) is 53.9 Å². The molecule has 4 rings (SSSR count). The molecule has 5 nitrogen and oxygen atoms in total. The van der Waals surface area contributed by atoms with Crippen molar-refractivity contribution in [1.82, 2.24) is 9.80 Å². The SMILES string of the molecule is O=C=C1C(CC(O)c2ccccc2)N(Cc2ccc(F)cc2)CCN1COc1ccc(Cl)cc1. The van der Waals surface area contributed by atoms with E-state index >= 15 is 0 Å². The van der Waals surface area contributed by atoms with Gasteiger partial charge in [0.15, 0.2) is 6.73 Å². The minimum Gasteiger partial charge on any atom is -0.473 e. The highest BCUT2D eigenvalue weighted by molar-refractivity contribution is 6.30. The van der Waals surface area contributed by atoms with Crippen LogP contribution in [0.4, 0.5) is 4.39 Å². The zero-order valence-electron chi connectivity index (χ0n) is 18.6. The molecule has 1 fully saturated rings. The van der Waals surface area contributed by atoms with E-state index in [2.05, 4.69) is 10.8 Å². The van der Waals surface area contributed by atoms with E-state index in [4.69, 9.17) is 16.3 Å². The van der Waals surface area contributed by atoms with Crippen molar-refractivity contribution in [2.45, 2.75) is 25.1 Å². The maximum absolute atomic E-state index is 13.4. The number of piperazine rings is 1. The molecule has 0 spiro atoms. The zero-order chi connectivity index (χ0) is 23.9. The Morgan fingerprint density at radius 1 is 1.03 bits per heavy atom. The van der Waals surface area contributed by atoms with Gasteiger partial charge >= 0.3 is 0 Å². The Morgan fingerprint density at radius 2 is 1.74 bits per heavy atom. The molecule has 0 bridgehead atoms. The minimum absolute atomic E-state index is 0.175. The van der Waals surface area contributed by atoms with E-state index < -0.39 is 6.10 Å². The van der Waals surface area contributed by atoms with Crippen LogP contribution in [-0.2, 0) is 11.3 Å². The van der Waals surface area contributed by atoms with Gasteiger partial charge in [-0.15, -0.1) is 0 Å². The highest BCUT2D eigenvalue weighted by atomic mass is 35.5. The number of halogens is 2. The second-order valence-corrected chi connectivity index (χ2v) is 8.69. The van der Waals surface area contributed by atoms with Gasteiger partial charge in [0.1, 0.15) is 23.2 Å². The summed E-state index contributed by atoms with van der Waals surface area (Å²) in [7, 11) is 0. The van der Waals surface area contributed by atoms with Gasteiger partial charge in [0.05, 0.1) is 12.1 Å². The first-order chi connectivity index (χ1) is 16.5. The maximum Gasteiger partial charge on any atom is 0.161 e. The van der Waals surface area contributed by atoms with Crippen molar-refractivity contribution < 1.29 is 19.0 Å². The molecule has 1 aliphatic rings. The first-order valence-corrected chi connectivity index (χ1v) is 11.5. The molecule has 0 radical (unpaired) electrons. The Kier molecular flexibility index (Phi) is 7.99. The summed E-state index contributed by atoms with van der Waals surface area (Å²) >= 11 is 5.94. The van der Waals surface area contributed by atoms with E-state index in [1.807, 2.05) is 35.2 Å². The summed E-state index contributed by atoms with van der Waals surface area (Å²) in [5.74, 6) is 2.46. The lowest BCUT2D eigenvalue weighted by molar-refractivity contribution is 0.0409. The topological polar surface area (TPSA) is 53.0 Å². The van der Waals surface area contributed by atoms with Gasteiger partial charge in [-0.3, -0.25) is 4.90 Å². The Bertz CT molecular complexity index is 1120. The smallest absolute Gasteiger partial charge is 0.161 e. The molecule has 0 aliphatic carbocycles. The normalized spacial score (nSPS) is 17.3. The number of nitrogens with zero attached hydrogens (tertiary/aromatic N) is 2. The molecule has 0 amide bonds. The first kappa shape index (κ1) is 24.0. The predicted molar refractivity (Wildman–Crippen MR) is 129 cm³/mol. The fourth-order valence-electron chi connectivity index (χ4n) is 4.16. The minimum atomic E-state index is -0.762. The molecule has 176 valence electrons. The van der Waals surface area contributed by atoms with E-state index in [1.54, 1.807) is 36.4 Å². The lowest BCUT2D eigenvalue weighted by Crippen LogP contribution is -2.52.